The molecule has 0 amide bonds. The van der Waals surface area contributed by atoms with Crippen LogP contribution in [0.15, 0.2) is 65.1 Å². The monoisotopic (exact) mass is 543 g/mol. The molecule has 3 heterocycles. The summed E-state index contributed by atoms with van der Waals surface area (Å²) in [7, 11) is 0. The quantitative estimate of drug-likeness (QED) is 0.217. The number of nitrogens with zero attached hydrogens (tertiary/aromatic N) is 3. The number of benzene rings is 3. The van der Waals surface area contributed by atoms with Crippen LogP contribution < -0.4 is 0 Å². The number of pyridine rings is 1. The smallest absolute Gasteiger partial charge is 0.227 e. The number of aryl methyl sites for hydroxylation is 2. The Kier molecular flexibility index (Phi) is 6.56. The van der Waals surface area contributed by atoms with Gasteiger partial charge in [0.15, 0.2) is 0 Å². The van der Waals surface area contributed by atoms with Crippen LogP contribution in [-0.4, -0.2) is 14.5 Å². The van der Waals surface area contributed by atoms with Gasteiger partial charge in [0.2, 0.25) is 5.71 Å². The largest absolute Gasteiger partial charge is 0.437 e. The fourth-order valence-electron chi connectivity index (χ4n) is 6.21. The maximum Gasteiger partial charge on any atom is 0.227 e. The summed E-state index contributed by atoms with van der Waals surface area (Å²) in [6.07, 6.45) is 1.04. The molecule has 0 saturated carbocycles. The first kappa shape index (κ1) is 27.3. The Morgan fingerprint density at radius 3 is 2.12 bits per heavy atom. The molecular formula is C37H41N3O. The molecule has 41 heavy (non-hydrogen) atoms. The lowest BCUT2D eigenvalue weighted by atomic mass is 9.83. The van der Waals surface area contributed by atoms with E-state index in [4.69, 9.17) is 14.4 Å². The van der Waals surface area contributed by atoms with E-state index in [9.17, 15) is 0 Å². The van der Waals surface area contributed by atoms with E-state index in [1.807, 2.05) is 6.92 Å². The van der Waals surface area contributed by atoms with Gasteiger partial charge >= 0.3 is 0 Å². The molecule has 0 aliphatic heterocycles. The van der Waals surface area contributed by atoms with Crippen molar-refractivity contribution in [1.82, 2.24) is 14.5 Å². The topological polar surface area (TPSA) is 43.9 Å². The van der Waals surface area contributed by atoms with Gasteiger partial charge in [-0.1, -0.05) is 84.9 Å². The van der Waals surface area contributed by atoms with E-state index in [0.29, 0.717) is 17.5 Å². The summed E-state index contributed by atoms with van der Waals surface area (Å²) in [5, 5.41) is 2.10. The van der Waals surface area contributed by atoms with Crippen molar-refractivity contribution >= 4 is 33.1 Å². The third kappa shape index (κ3) is 4.73. The molecule has 0 saturated heterocycles. The second-order valence-electron chi connectivity index (χ2n) is 13.5. The first-order chi connectivity index (χ1) is 19.4. The van der Waals surface area contributed by atoms with Crippen molar-refractivity contribution in [1.29, 1.82) is 0 Å². The first-order valence-electron chi connectivity index (χ1n) is 14.9. The SMILES string of the molecule is Cc1ccc2c(n1)oc1c(-c3nc4ccccc4n3-c3c(C(C)C)cc(CC(C)(C)C)cc3C(C)C)c(C)ccc12. The van der Waals surface area contributed by atoms with Crippen LogP contribution in [0.25, 0.3) is 50.2 Å². The van der Waals surface area contributed by atoms with Gasteiger partial charge in [-0.25, -0.2) is 9.97 Å². The third-order valence-electron chi connectivity index (χ3n) is 8.07. The summed E-state index contributed by atoms with van der Waals surface area (Å²) in [6.45, 7) is 20.3. The lowest BCUT2D eigenvalue weighted by Crippen LogP contribution is -2.14. The predicted molar refractivity (Wildman–Crippen MR) is 172 cm³/mol. The van der Waals surface area contributed by atoms with Crippen LogP contribution in [0.2, 0.25) is 0 Å². The Labute approximate surface area is 243 Å². The zero-order chi connectivity index (χ0) is 29.2. The molecule has 0 N–H and O–H groups in total. The summed E-state index contributed by atoms with van der Waals surface area (Å²) in [4.78, 5) is 10.0. The summed E-state index contributed by atoms with van der Waals surface area (Å²) in [6, 6.07) is 21.9. The number of fused-ring (bicyclic) bond motifs is 4. The molecule has 3 aromatic carbocycles. The number of imidazole rings is 1. The number of rotatable bonds is 5. The van der Waals surface area contributed by atoms with Gasteiger partial charge < -0.3 is 4.42 Å². The van der Waals surface area contributed by atoms with Gasteiger partial charge in [0, 0.05) is 16.5 Å². The zero-order valence-corrected chi connectivity index (χ0v) is 25.9. The molecule has 6 rings (SSSR count). The predicted octanol–water partition coefficient (Wildman–Crippen LogP) is 10.4. The molecule has 6 aromatic rings. The van der Waals surface area contributed by atoms with Crippen LogP contribution in [0.4, 0.5) is 0 Å². The fourth-order valence-corrected chi connectivity index (χ4v) is 6.21. The summed E-state index contributed by atoms with van der Waals surface area (Å²) in [5.41, 5.74) is 12.3. The number of para-hydroxylation sites is 2. The van der Waals surface area contributed by atoms with Crippen molar-refractivity contribution in [3.05, 3.63) is 88.6 Å². The van der Waals surface area contributed by atoms with Crippen LogP contribution in [0, 0.1) is 19.3 Å². The lowest BCUT2D eigenvalue weighted by Gasteiger charge is -2.26. The summed E-state index contributed by atoms with van der Waals surface area (Å²) < 4.78 is 8.96. The van der Waals surface area contributed by atoms with Gasteiger partial charge in [-0.2, -0.15) is 0 Å². The lowest BCUT2D eigenvalue weighted by molar-refractivity contribution is 0.411. The average molecular weight is 544 g/mol. The number of hydrogen-bond donors (Lipinski definition) is 0. The average Bonchev–Trinajstić information content (AvgIpc) is 3.44. The molecule has 0 unspecified atom stereocenters. The Morgan fingerprint density at radius 1 is 0.805 bits per heavy atom. The molecule has 4 nitrogen and oxygen atoms in total. The minimum Gasteiger partial charge on any atom is -0.437 e. The highest BCUT2D eigenvalue weighted by Crippen LogP contribution is 2.42. The van der Waals surface area contributed by atoms with Crippen LogP contribution in [-0.2, 0) is 6.42 Å². The maximum absolute atomic E-state index is 6.55. The molecule has 0 bridgehead atoms. The number of aromatic nitrogens is 3. The molecule has 0 aliphatic rings. The summed E-state index contributed by atoms with van der Waals surface area (Å²) in [5.74, 6) is 1.59. The van der Waals surface area contributed by atoms with Crippen LogP contribution in [0.3, 0.4) is 0 Å². The number of hydrogen-bond acceptors (Lipinski definition) is 3. The van der Waals surface area contributed by atoms with Gasteiger partial charge in [-0.15, -0.1) is 0 Å². The molecule has 3 aromatic heterocycles. The standard InChI is InChI=1S/C37H41N3O/c1-21(2)28-18-25(20-37(7,8)9)19-29(22(3)4)33(28)40-31-13-11-10-12-30(31)39-35(40)32-23(5)14-16-26-27-17-15-24(6)38-36(27)41-34(26)32/h10-19,21-22H,20H2,1-9H3. The Bertz CT molecular complexity index is 1900. The van der Waals surface area contributed by atoms with Gasteiger partial charge in [0.25, 0.3) is 0 Å². The zero-order valence-electron chi connectivity index (χ0n) is 25.9. The second-order valence-corrected chi connectivity index (χ2v) is 13.5. The van der Waals surface area contributed by atoms with Crippen LogP contribution in [0.5, 0.6) is 0 Å². The normalized spacial score (nSPS) is 12.6. The van der Waals surface area contributed by atoms with E-state index in [-0.39, 0.29) is 5.41 Å². The molecule has 0 radical (unpaired) electrons. The van der Waals surface area contributed by atoms with E-state index < -0.39 is 0 Å². The minimum absolute atomic E-state index is 0.206. The highest BCUT2D eigenvalue weighted by Gasteiger charge is 2.27. The third-order valence-corrected chi connectivity index (χ3v) is 8.07. The van der Waals surface area contributed by atoms with E-state index in [1.54, 1.807) is 0 Å². The summed E-state index contributed by atoms with van der Waals surface area (Å²) >= 11 is 0. The number of furan rings is 1. The Balaban J connectivity index is 1.75. The van der Waals surface area contributed by atoms with E-state index >= 15 is 0 Å². The van der Waals surface area contributed by atoms with E-state index in [2.05, 4.69) is 121 Å². The van der Waals surface area contributed by atoms with Crippen LogP contribution >= 0.6 is 0 Å². The first-order valence-corrected chi connectivity index (χ1v) is 14.9. The van der Waals surface area contributed by atoms with E-state index in [0.717, 1.165) is 56.5 Å². The van der Waals surface area contributed by atoms with Crippen molar-refractivity contribution < 1.29 is 4.42 Å². The Morgan fingerprint density at radius 2 is 1.46 bits per heavy atom. The van der Waals surface area contributed by atoms with Crippen molar-refractivity contribution in [2.75, 3.05) is 0 Å². The van der Waals surface area contributed by atoms with Crippen molar-refractivity contribution in [2.24, 2.45) is 5.41 Å². The molecule has 0 aliphatic carbocycles. The van der Waals surface area contributed by atoms with Crippen molar-refractivity contribution in [3.63, 3.8) is 0 Å². The Hall–Kier alpha value is -3.92. The van der Waals surface area contributed by atoms with Crippen molar-refractivity contribution in [3.8, 4) is 17.1 Å². The highest BCUT2D eigenvalue weighted by molar-refractivity contribution is 6.09. The molecule has 4 heteroatoms. The highest BCUT2D eigenvalue weighted by atomic mass is 16.3. The minimum atomic E-state index is 0.206. The molecule has 210 valence electrons. The van der Waals surface area contributed by atoms with Gasteiger partial charge in [-0.3, -0.25) is 4.57 Å². The molecule has 0 atom stereocenters. The van der Waals surface area contributed by atoms with E-state index in [1.165, 1.54) is 22.4 Å². The van der Waals surface area contributed by atoms with Gasteiger partial charge in [0.1, 0.15) is 11.4 Å². The van der Waals surface area contributed by atoms with Gasteiger partial charge in [-0.05, 0) is 84.0 Å². The van der Waals surface area contributed by atoms with Crippen LogP contribution in [0.1, 0.15) is 88.2 Å². The van der Waals surface area contributed by atoms with Crippen molar-refractivity contribution in [2.45, 2.75) is 80.6 Å². The van der Waals surface area contributed by atoms with Gasteiger partial charge in [0.05, 0.1) is 22.3 Å². The molecule has 0 spiro atoms. The maximum atomic E-state index is 6.55. The molecular weight excluding hydrogens is 502 g/mol. The second kappa shape index (κ2) is 9.87. The molecule has 0 fully saturated rings. The fraction of sp³-hybridized carbons (Fsp3) is 0.351.